The van der Waals surface area contributed by atoms with Gasteiger partial charge in [-0.05, 0) is 6.92 Å². The van der Waals surface area contributed by atoms with Gasteiger partial charge in [-0.25, -0.2) is 4.99 Å². The van der Waals surface area contributed by atoms with Gasteiger partial charge in [-0.1, -0.05) is 0 Å². The molecule has 0 aromatic carbocycles. The molecule has 0 spiro atoms. The summed E-state index contributed by atoms with van der Waals surface area (Å²) in [6, 6.07) is -0.181. The number of hydrogen-bond acceptors (Lipinski definition) is 2. The summed E-state index contributed by atoms with van der Waals surface area (Å²) in [5, 5.41) is 8.37. The lowest BCUT2D eigenvalue weighted by atomic mass is 10.4. The van der Waals surface area contributed by atoms with Crippen LogP contribution in [0.25, 0.3) is 0 Å². The van der Waals surface area contributed by atoms with E-state index in [2.05, 4.69) is 4.99 Å². The molecule has 0 aliphatic rings. The Bertz CT molecular complexity index is 91.8. The number of nitrogens with zero attached hydrogens (tertiary/aromatic N) is 1. The lowest BCUT2D eigenvalue weighted by molar-refractivity contribution is 0.274. The predicted octanol–water partition coefficient (Wildman–Crippen LogP) is -0.938. The van der Waals surface area contributed by atoms with Crippen LogP contribution in [0.4, 0.5) is 0 Å². The normalized spacial score (nSPS) is 11.3. The first-order chi connectivity index (χ1) is 3.66. The number of guanidine groups is 1. The summed E-state index contributed by atoms with van der Waals surface area (Å²) >= 11 is 0. The van der Waals surface area contributed by atoms with Gasteiger partial charge in [0.25, 0.3) is 0 Å². The first-order valence-electron chi connectivity index (χ1n) is 2.36. The summed E-state index contributed by atoms with van der Waals surface area (Å²) in [6.45, 7) is 1.71. The molecule has 0 aliphatic heterocycles. The van der Waals surface area contributed by atoms with E-state index in [1.807, 2.05) is 0 Å². The van der Waals surface area contributed by atoms with E-state index >= 15 is 0 Å². The minimum absolute atomic E-state index is 0. The maximum atomic E-state index is 8.37. The third kappa shape index (κ3) is 7.52. The first-order valence-corrected chi connectivity index (χ1v) is 2.36. The molecule has 0 bridgehead atoms. The maximum Gasteiger partial charge on any atom is 0.186 e. The van der Waals surface area contributed by atoms with E-state index in [4.69, 9.17) is 16.6 Å². The molecular formula is C4H12ClN3O. The monoisotopic (exact) mass is 153 g/mol. The van der Waals surface area contributed by atoms with Crippen LogP contribution in [0, 0.1) is 0 Å². The van der Waals surface area contributed by atoms with Crippen LogP contribution in [0.3, 0.4) is 0 Å². The van der Waals surface area contributed by atoms with E-state index in [1.54, 1.807) is 6.92 Å². The second-order valence-corrected chi connectivity index (χ2v) is 1.59. The highest BCUT2D eigenvalue weighted by Crippen LogP contribution is 1.82. The van der Waals surface area contributed by atoms with Gasteiger partial charge in [-0.15, -0.1) is 12.4 Å². The Balaban J connectivity index is 0. The van der Waals surface area contributed by atoms with Crippen LogP contribution in [-0.2, 0) is 0 Å². The minimum atomic E-state index is -0.181. The molecule has 0 saturated carbocycles. The SMILES string of the molecule is CC(CO)N=C(N)N.Cl. The zero-order chi connectivity index (χ0) is 6.57. The summed E-state index contributed by atoms with van der Waals surface area (Å²) < 4.78 is 0. The number of aliphatic imine (C=N–C) groups is 1. The largest absolute Gasteiger partial charge is 0.394 e. The molecule has 9 heavy (non-hydrogen) atoms. The zero-order valence-corrected chi connectivity index (χ0v) is 6.06. The molecule has 56 valence electrons. The molecule has 5 N–H and O–H groups in total. The second-order valence-electron chi connectivity index (χ2n) is 1.59. The van der Waals surface area contributed by atoms with Gasteiger partial charge in [0.15, 0.2) is 5.96 Å². The van der Waals surface area contributed by atoms with Gasteiger partial charge < -0.3 is 16.6 Å². The van der Waals surface area contributed by atoms with Gasteiger partial charge in [0.05, 0.1) is 12.6 Å². The van der Waals surface area contributed by atoms with Crippen molar-refractivity contribution < 1.29 is 5.11 Å². The summed E-state index contributed by atoms with van der Waals surface area (Å²) in [7, 11) is 0. The van der Waals surface area contributed by atoms with Crippen molar-refractivity contribution in [3.8, 4) is 0 Å². The molecule has 5 heteroatoms. The van der Waals surface area contributed by atoms with Crippen molar-refractivity contribution in [1.29, 1.82) is 0 Å². The standard InChI is InChI=1S/C4H11N3O.ClH/c1-3(2-8)7-4(5)6;/h3,8H,2H2,1H3,(H4,5,6,7);1H. The average molecular weight is 154 g/mol. The van der Waals surface area contributed by atoms with Crippen LogP contribution >= 0.6 is 12.4 Å². The molecule has 1 atom stereocenters. The maximum absolute atomic E-state index is 8.37. The lowest BCUT2D eigenvalue weighted by Gasteiger charge is -1.98. The van der Waals surface area contributed by atoms with E-state index in [0.717, 1.165) is 0 Å². The van der Waals surface area contributed by atoms with Crippen molar-refractivity contribution in [3.05, 3.63) is 0 Å². The Labute approximate surface area is 60.4 Å². The highest BCUT2D eigenvalue weighted by molar-refractivity contribution is 5.85. The van der Waals surface area contributed by atoms with Crippen molar-refractivity contribution in [3.63, 3.8) is 0 Å². The molecule has 0 saturated heterocycles. The van der Waals surface area contributed by atoms with Crippen molar-refractivity contribution in [2.75, 3.05) is 6.61 Å². The Morgan fingerprint density at radius 3 is 2.22 bits per heavy atom. The molecule has 0 amide bonds. The quantitative estimate of drug-likeness (QED) is 0.354. The van der Waals surface area contributed by atoms with Crippen molar-refractivity contribution in [2.24, 2.45) is 16.5 Å². The molecule has 1 unspecified atom stereocenters. The van der Waals surface area contributed by atoms with Crippen LogP contribution in [0.1, 0.15) is 6.92 Å². The minimum Gasteiger partial charge on any atom is -0.394 e. The molecule has 0 rings (SSSR count). The molecule has 0 aromatic rings. The Morgan fingerprint density at radius 1 is 1.67 bits per heavy atom. The molecule has 4 nitrogen and oxygen atoms in total. The van der Waals surface area contributed by atoms with Crippen molar-refractivity contribution in [2.45, 2.75) is 13.0 Å². The second kappa shape index (κ2) is 5.65. The van der Waals surface area contributed by atoms with Gasteiger partial charge in [0, 0.05) is 0 Å². The van der Waals surface area contributed by atoms with Crippen molar-refractivity contribution >= 4 is 18.4 Å². The summed E-state index contributed by atoms with van der Waals surface area (Å²) in [6.07, 6.45) is 0. The average Bonchev–Trinajstić information content (AvgIpc) is 1.65. The summed E-state index contributed by atoms with van der Waals surface area (Å²) in [5.74, 6) is 0.0200. The fraction of sp³-hybridized carbons (Fsp3) is 0.750. The topological polar surface area (TPSA) is 84.6 Å². The van der Waals surface area contributed by atoms with Crippen LogP contribution < -0.4 is 11.5 Å². The van der Waals surface area contributed by atoms with Gasteiger partial charge in [-0.2, -0.15) is 0 Å². The number of aliphatic hydroxyl groups is 1. The van der Waals surface area contributed by atoms with Gasteiger partial charge in [-0.3, -0.25) is 0 Å². The summed E-state index contributed by atoms with van der Waals surface area (Å²) in [5.41, 5.74) is 9.97. The third-order valence-corrected chi connectivity index (χ3v) is 0.634. The van der Waals surface area contributed by atoms with E-state index in [1.165, 1.54) is 0 Å². The zero-order valence-electron chi connectivity index (χ0n) is 5.24. The first kappa shape index (κ1) is 11.3. The molecule has 0 heterocycles. The number of nitrogens with two attached hydrogens (primary N) is 2. The van der Waals surface area contributed by atoms with E-state index in [0.29, 0.717) is 0 Å². The number of aliphatic hydroxyl groups excluding tert-OH is 1. The molecule has 0 fully saturated rings. The smallest absolute Gasteiger partial charge is 0.186 e. The molecule has 0 aromatic heterocycles. The van der Waals surface area contributed by atoms with Gasteiger partial charge in [0.2, 0.25) is 0 Å². The van der Waals surface area contributed by atoms with Crippen molar-refractivity contribution in [1.82, 2.24) is 0 Å². The highest BCUT2D eigenvalue weighted by atomic mass is 35.5. The van der Waals surface area contributed by atoms with E-state index < -0.39 is 0 Å². The number of rotatable bonds is 2. The van der Waals surface area contributed by atoms with Gasteiger partial charge >= 0.3 is 0 Å². The van der Waals surface area contributed by atoms with E-state index in [9.17, 15) is 0 Å². The summed E-state index contributed by atoms with van der Waals surface area (Å²) in [4.78, 5) is 3.62. The fourth-order valence-corrected chi connectivity index (χ4v) is 0.295. The Hall–Kier alpha value is -0.480. The third-order valence-electron chi connectivity index (χ3n) is 0.634. The van der Waals surface area contributed by atoms with Crippen LogP contribution in [-0.4, -0.2) is 23.7 Å². The Morgan fingerprint density at radius 2 is 2.11 bits per heavy atom. The molecular weight excluding hydrogens is 142 g/mol. The highest BCUT2D eigenvalue weighted by Gasteiger charge is 1.92. The number of hydrogen-bond donors (Lipinski definition) is 3. The van der Waals surface area contributed by atoms with E-state index in [-0.39, 0.29) is 31.0 Å². The van der Waals surface area contributed by atoms with Crippen LogP contribution in [0.2, 0.25) is 0 Å². The lowest BCUT2D eigenvalue weighted by Crippen LogP contribution is -2.25. The number of halogens is 1. The van der Waals surface area contributed by atoms with Gasteiger partial charge in [0.1, 0.15) is 0 Å². The fourth-order valence-electron chi connectivity index (χ4n) is 0.295. The predicted molar refractivity (Wildman–Crippen MR) is 39.6 cm³/mol. The Kier molecular flexibility index (Phi) is 7.12. The molecule has 0 radical (unpaired) electrons. The molecule has 0 aliphatic carbocycles. The van der Waals surface area contributed by atoms with Crippen LogP contribution in [0.15, 0.2) is 4.99 Å². The van der Waals surface area contributed by atoms with Crippen LogP contribution in [0.5, 0.6) is 0 Å².